The van der Waals surface area contributed by atoms with Crippen LogP contribution in [0.15, 0.2) is 36.5 Å². The van der Waals surface area contributed by atoms with Gasteiger partial charge in [0.05, 0.1) is 0 Å². The fourth-order valence-corrected chi connectivity index (χ4v) is 2.11. The first-order valence-electron chi connectivity index (χ1n) is 7.74. The third-order valence-electron chi connectivity index (χ3n) is 3.41. The molecule has 0 aliphatic carbocycles. The van der Waals surface area contributed by atoms with Crippen molar-refractivity contribution in [2.24, 2.45) is 0 Å². The second kappa shape index (κ2) is 8.29. The van der Waals surface area contributed by atoms with E-state index in [1.165, 1.54) is 0 Å². The molecule has 5 nitrogen and oxygen atoms in total. The van der Waals surface area contributed by atoms with Crippen molar-refractivity contribution in [1.29, 1.82) is 0 Å². The van der Waals surface area contributed by atoms with Gasteiger partial charge in [-0.25, -0.2) is 4.98 Å². The standard InChI is InChI=1S/C18H23N3O2/c1-13-8-10-20-18(11-13)23-16-12-15(7-6-14(16)2)21-17(22)5-4-9-19-3/h6-8,10-12,19H,4-5,9H2,1-3H3,(H,21,22). The molecule has 0 aliphatic heterocycles. The van der Waals surface area contributed by atoms with Crippen molar-refractivity contribution in [3.8, 4) is 11.6 Å². The smallest absolute Gasteiger partial charge is 0.224 e. The molecule has 23 heavy (non-hydrogen) atoms. The Morgan fingerprint density at radius 2 is 2.04 bits per heavy atom. The molecule has 0 radical (unpaired) electrons. The number of anilines is 1. The first kappa shape index (κ1) is 17.0. The molecular formula is C18H23N3O2. The number of hydrogen-bond donors (Lipinski definition) is 2. The van der Waals surface area contributed by atoms with Crippen molar-refractivity contribution < 1.29 is 9.53 Å². The van der Waals surface area contributed by atoms with E-state index < -0.39 is 0 Å². The van der Waals surface area contributed by atoms with Crippen LogP contribution in [0, 0.1) is 13.8 Å². The van der Waals surface area contributed by atoms with Gasteiger partial charge in [-0.15, -0.1) is 0 Å². The van der Waals surface area contributed by atoms with Gasteiger partial charge in [-0.05, 0) is 57.1 Å². The Labute approximate surface area is 137 Å². The Morgan fingerprint density at radius 1 is 1.22 bits per heavy atom. The summed E-state index contributed by atoms with van der Waals surface area (Å²) in [5.41, 5.74) is 2.80. The predicted molar refractivity (Wildman–Crippen MR) is 92.0 cm³/mol. The highest BCUT2D eigenvalue weighted by Crippen LogP contribution is 2.27. The van der Waals surface area contributed by atoms with E-state index in [-0.39, 0.29) is 5.91 Å². The summed E-state index contributed by atoms with van der Waals surface area (Å²) in [4.78, 5) is 16.1. The van der Waals surface area contributed by atoms with Gasteiger partial charge >= 0.3 is 0 Å². The number of carbonyl (C=O) groups excluding carboxylic acids is 1. The fourth-order valence-electron chi connectivity index (χ4n) is 2.11. The van der Waals surface area contributed by atoms with Gasteiger partial charge in [0, 0.05) is 30.4 Å². The molecule has 0 aliphatic rings. The number of nitrogens with zero attached hydrogens (tertiary/aromatic N) is 1. The van der Waals surface area contributed by atoms with Crippen LogP contribution in [0.2, 0.25) is 0 Å². The van der Waals surface area contributed by atoms with E-state index in [1.807, 2.05) is 51.2 Å². The summed E-state index contributed by atoms with van der Waals surface area (Å²) in [6.07, 6.45) is 3.02. The van der Waals surface area contributed by atoms with Gasteiger partial charge < -0.3 is 15.4 Å². The second-order valence-electron chi connectivity index (χ2n) is 5.51. The molecule has 2 rings (SSSR count). The molecule has 1 aromatic heterocycles. The number of hydrogen-bond acceptors (Lipinski definition) is 4. The normalized spacial score (nSPS) is 10.4. The van der Waals surface area contributed by atoms with E-state index in [2.05, 4.69) is 15.6 Å². The molecule has 0 saturated carbocycles. The highest BCUT2D eigenvalue weighted by atomic mass is 16.5. The average Bonchev–Trinajstić information content (AvgIpc) is 2.51. The van der Waals surface area contributed by atoms with Crippen molar-refractivity contribution >= 4 is 11.6 Å². The van der Waals surface area contributed by atoms with E-state index in [9.17, 15) is 4.79 Å². The lowest BCUT2D eigenvalue weighted by molar-refractivity contribution is -0.116. The van der Waals surface area contributed by atoms with Crippen molar-refractivity contribution in [2.75, 3.05) is 18.9 Å². The minimum Gasteiger partial charge on any atom is -0.439 e. The molecule has 0 bridgehead atoms. The Balaban J connectivity index is 2.05. The van der Waals surface area contributed by atoms with Gasteiger partial charge in [0.2, 0.25) is 11.8 Å². The fraction of sp³-hybridized carbons (Fsp3) is 0.333. The lowest BCUT2D eigenvalue weighted by atomic mass is 10.2. The van der Waals surface area contributed by atoms with Gasteiger partial charge in [-0.1, -0.05) is 6.07 Å². The summed E-state index contributed by atoms with van der Waals surface area (Å²) >= 11 is 0. The molecule has 2 N–H and O–H groups in total. The molecule has 1 heterocycles. The maximum absolute atomic E-state index is 11.9. The zero-order chi connectivity index (χ0) is 16.7. The average molecular weight is 313 g/mol. The maximum Gasteiger partial charge on any atom is 0.224 e. The van der Waals surface area contributed by atoms with Crippen LogP contribution in [-0.4, -0.2) is 24.5 Å². The summed E-state index contributed by atoms with van der Waals surface area (Å²) in [6.45, 7) is 4.78. The Bertz CT molecular complexity index is 671. The summed E-state index contributed by atoms with van der Waals surface area (Å²) < 4.78 is 5.84. The molecule has 0 saturated heterocycles. The molecule has 1 aromatic carbocycles. The van der Waals surface area contributed by atoms with E-state index in [0.29, 0.717) is 18.1 Å². The summed E-state index contributed by atoms with van der Waals surface area (Å²) in [6, 6.07) is 9.43. The Kier molecular flexibility index (Phi) is 6.11. The second-order valence-corrected chi connectivity index (χ2v) is 5.51. The van der Waals surface area contributed by atoms with Crippen LogP contribution < -0.4 is 15.4 Å². The van der Waals surface area contributed by atoms with Gasteiger partial charge in [0.25, 0.3) is 0 Å². The van der Waals surface area contributed by atoms with Gasteiger partial charge in [0.1, 0.15) is 5.75 Å². The van der Waals surface area contributed by atoms with Crippen LogP contribution in [0.1, 0.15) is 24.0 Å². The molecule has 0 atom stereocenters. The summed E-state index contributed by atoms with van der Waals surface area (Å²) in [5.74, 6) is 1.24. The van der Waals surface area contributed by atoms with Crippen LogP contribution in [0.5, 0.6) is 11.6 Å². The third-order valence-corrected chi connectivity index (χ3v) is 3.41. The van der Waals surface area contributed by atoms with Crippen molar-refractivity contribution in [3.63, 3.8) is 0 Å². The topological polar surface area (TPSA) is 63.2 Å². The minimum absolute atomic E-state index is 0.00346. The number of pyridine rings is 1. The Hall–Kier alpha value is -2.40. The van der Waals surface area contributed by atoms with Crippen LogP contribution in [0.3, 0.4) is 0 Å². The quantitative estimate of drug-likeness (QED) is 0.769. The molecular weight excluding hydrogens is 290 g/mol. The number of ether oxygens (including phenoxy) is 1. The highest BCUT2D eigenvalue weighted by Gasteiger charge is 2.07. The first-order valence-corrected chi connectivity index (χ1v) is 7.74. The lowest BCUT2D eigenvalue weighted by Crippen LogP contribution is -2.15. The minimum atomic E-state index is 0.00346. The van der Waals surface area contributed by atoms with E-state index in [4.69, 9.17) is 4.74 Å². The largest absolute Gasteiger partial charge is 0.439 e. The first-order chi connectivity index (χ1) is 11.1. The lowest BCUT2D eigenvalue weighted by Gasteiger charge is -2.11. The number of carbonyl (C=O) groups is 1. The zero-order valence-corrected chi connectivity index (χ0v) is 13.8. The van der Waals surface area contributed by atoms with Gasteiger partial charge in [0.15, 0.2) is 0 Å². The van der Waals surface area contributed by atoms with Gasteiger partial charge in [-0.2, -0.15) is 0 Å². The van der Waals surface area contributed by atoms with Crippen LogP contribution >= 0.6 is 0 Å². The van der Waals surface area contributed by atoms with E-state index >= 15 is 0 Å². The number of amides is 1. The van der Waals surface area contributed by atoms with Crippen molar-refractivity contribution in [1.82, 2.24) is 10.3 Å². The maximum atomic E-state index is 11.9. The van der Waals surface area contributed by atoms with E-state index in [1.54, 1.807) is 6.20 Å². The molecule has 2 aromatic rings. The van der Waals surface area contributed by atoms with Gasteiger partial charge in [-0.3, -0.25) is 4.79 Å². The van der Waals surface area contributed by atoms with Crippen molar-refractivity contribution in [3.05, 3.63) is 47.7 Å². The Morgan fingerprint density at radius 3 is 2.78 bits per heavy atom. The third kappa shape index (κ3) is 5.38. The molecule has 122 valence electrons. The number of aromatic nitrogens is 1. The summed E-state index contributed by atoms with van der Waals surface area (Å²) in [7, 11) is 1.88. The SMILES string of the molecule is CNCCCC(=O)Nc1ccc(C)c(Oc2cc(C)ccn2)c1. The molecule has 5 heteroatoms. The van der Waals surface area contributed by atoms with Crippen LogP contribution in [0.25, 0.3) is 0 Å². The number of nitrogens with one attached hydrogen (secondary N) is 2. The molecule has 1 amide bonds. The molecule has 0 fully saturated rings. The van der Waals surface area contributed by atoms with Crippen molar-refractivity contribution in [2.45, 2.75) is 26.7 Å². The molecule has 0 spiro atoms. The predicted octanol–water partition coefficient (Wildman–Crippen LogP) is 3.43. The van der Waals surface area contributed by atoms with Crippen LogP contribution in [-0.2, 0) is 4.79 Å². The van der Waals surface area contributed by atoms with Crippen LogP contribution in [0.4, 0.5) is 5.69 Å². The molecule has 0 unspecified atom stereocenters. The monoisotopic (exact) mass is 313 g/mol. The number of benzene rings is 1. The number of aryl methyl sites for hydroxylation is 2. The number of rotatable bonds is 7. The summed E-state index contributed by atoms with van der Waals surface area (Å²) in [5, 5.41) is 5.93. The van der Waals surface area contributed by atoms with E-state index in [0.717, 1.165) is 29.8 Å². The highest BCUT2D eigenvalue weighted by molar-refractivity contribution is 5.90. The zero-order valence-electron chi connectivity index (χ0n) is 13.8.